The number of rotatable bonds is 4. The summed E-state index contributed by atoms with van der Waals surface area (Å²) in [7, 11) is 0. The van der Waals surface area contributed by atoms with Crippen LogP contribution in [-0.2, 0) is 4.79 Å². The van der Waals surface area contributed by atoms with Crippen molar-refractivity contribution in [1.82, 2.24) is 0 Å². The molecule has 0 saturated carbocycles. The molecule has 2 unspecified atom stereocenters. The minimum absolute atomic E-state index is 0.0463. The highest BCUT2D eigenvalue weighted by atomic mass is 35.5. The molecule has 1 fully saturated rings. The molecule has 3 nitrogen and oxygen atoms in total. The zero-order valence-corrected chi connectivity index (χ0v) is 14.1. The zero-order valence-electron chi connectivity index (χ0n) is 13.4. The number of nitrogens with zero attached hydrogens (tertiary/aromatic N) is 1. The minimum atomic E-state index is -0.552. The molecule has 1 aliphatic heterocycles. The Morgan fingerprint density at radius 3 is 2.04 bits per heavy atom. The van der Waals surface area contributed by atoms with E-state index < -0.39 is 6.10 Å². The van der Waals surface area contributed by atoms with E-state index in [1.807, 2.05) is 84.9 Å². The first-order valence-electron chi connectivity index (χ1n) is 8.09. The number of carbonyl (C=O) groups is 1. The Hall–Kier alpha value is -2.78. The van der Waals surface area contributed by atoms with Crippen molar-refractivity contribution in [3.63, 3.8) is 0 Å². The maximum Gasteiger partial charge on any atom is 0.271 e. The molecule has 1 saturated heterocycles. The summed E-state index contributed by atoms with van der Waals surface area (Å²) in [5.74, 6) is 0.641. The van der Waals surface area contributed by atoms with Gasteiger partial charge in [0.1, 0.15) is 11.8 Å². The van der Waals surface area contributed by atoms with Gasteiger partial charge in [0.05, 0.1) is 0 Å². The summed E-state index contributed by atoms with van der Waals surface area (Å²) < 4.78 is 5.99. The number of hydrogen-bond acceptors (Lipinski definition) is 2. The molecule has 3 aromatic carbocycles. The first kappa shape index (κ1) is 15.7. The average molecular weight is 350 g/mol. The smallest absolute Gasteiger partial charge is 0.271 e. The number of hydrogen-bond donors (Lipinski definition) is 0. The lowest BCUT2D eigenvalue weighted by molar-refractivity contribution is -0.135. The van der Waals surface area contributed by atoms with Crippen LogP contribution in [0.25, 0.3) is 0 Å². The van der Waals surface area contributed by atoms with E-state index in [1.165, 1.54) is 0 Å². The van der Waals surface area contributed by atoms with E-state index in [0.717, 1.165) is 11.3 Å². The standard InChI is InChI=1S/C21H16ClNO2/c22-16-13-11-15(12-14-16)19-20(25-18-9-5-2-6-10-18)21(24)23(19)17-7-3-1-4-8-17/h1-14,19-20H. The number of ether oxygens (including phenoxy) is 1. The first-order valence-corrected chi connectivity index (χ1v) is 8.47. The zero-order chi connectivity index (χ0) is 17.2. The van der Waals surface area contributed by atoms with E-state index in [1.54, 1.807) is 4.90 Å². The molecule has 1 heterocycles. The van der Waals surface area contributed by atoms with Gasteiger partial charge in [0.25, 0.3) is 5.91 Å². The second-order valence-electron chi connectivity index (χ2n) is 5.89. The molecular weight excluding hydrogens is 334 g/mol. The molecule has 0 bridgehead atoms. The van der Waals surface area contributed by atoms with Gasteiger partial charge in [-0.15, -0.1) is 0 Å². The van der Waals surface area contributed by atoms with Crippen molar-refractivity contribution in [2.75, 3.05) is 4.90 Å². The average Bonchev–Trinajstić information content (AvgIpc) is 2.66. The van der Waals surface area contributed by atoms with Crippen LogP contribution in [0.1, 0.15) is 11.6 Å². The van der Waals surface area contributed by atoms with Crippen molar-refractivity contribution >= 4 is 23.2 Å². The quantitative estimate of drug-likeness (QED) is 0.628. The largest absolute Gasteiger partial charge is 0.478 e. The Bertz CT molecular complexity index is 865. The number of β-lactam (4-membered cyclic amide) rings is 1. The predicted octanol–water partition coefficient (Wildman–Crippen LogP) is 4.88. The third kappa shape index (κ3) is 2.99. The number of anilines is 1. The van der Waals surface area contributed by atoms with E-state index in [2.05, 4.69) is 0 Å². The van der Waals surface area contributed by atoms with Gasteiger partial charge in [-0.05, 0) is 42.0 Å². The molecule has 124 valence electrons. The SMILES string of the molecule is O=C1C(Oc2ccccc2)C(c2ccc(Cl)cc2)N1c1ccccc1. The maximum absolute atomic E-state index is 12.8. The number of benzene rings is 3. The van der Waals surface area contributed by atoms with Crippen LogP contribution in [-0.4, -0.2) is 12.0 Å². The summed E-state index contributed by atoms with van der Waals surface area (Å²) in [6.07, 6.45) is -0.552. The highest BCUT2D eigenvalue weighted by molar-refractivity contribution is 6.30. The lowest BCUT2D eigenvalue weighted by Gasteiger charge is -2.46. The molecule has 4 heteroatoms. The highest BCUT2D eigenvalue weighted by Crippen LogP contribution is 2.41. The molecule has 1 aliphatic rings. The van der Waals surface area contributed by atoms with Crippen molar-refractivity contribution < 1.29 is 9.53 Å². The van der Waals surface area contributed by atoms with Gasteiger partial charge in [-0.3, -0.25) is 9.69 Å². The van der Waals surface area contributed by atoms with Crippen molar-refractivity contribution in [3.8, 4) is 5.75 Å². The van der Waals surface area contributed by atoms with Gasteiger partial charge in [-0.2, -0.15) is 0 Å². The maximum atomic E-state index is 12.8. The fraction of sp³-hybridized carbons (Fsp3) is 0.0952. The van der Waals surface area contributed by atoms with Crippen LogP contribution >= 0.6 is 11.6 Å². The third-order valence-electron chi connectivity index (χ3n) is 4.30. The molecule has 25 heavy (non-hydrogen) atoms. The fourth-order valence-electron chi connectivity index (χ4n) is 3.08. The van der Waals surface area contributed by atoms with Crippen molar-refractivity contribution in [2.24, 2.45) is 0 Å². The second-order valence-corrected chi connectivity index (χ2v) is 6.33. The van der Waals surface area contributed by atoms with Gasteiger partial charge in [0, 0.05) is 10.7 Å². The Kier molecular flexibility index (Phi) is 4.16. The van der Waals surface area contributed by atoms with Crippen LogP contribution in [0.4, 0.5) is 5.69 Å². The summed E-state index contributed by atoms with van der Waals surface area (Å²) in [5.41, 5.74) is 1.86. The second kappa shape index (κ2) is 6.61. The normalized spacial score (nSPS) is 19.4. The Morgan fingerprint density at radius 1 is 0.800 bits per heavy atom. The molecule has 0 aliphatic carbocycles. The van der Waals surface area contributed by atoms with Gasteiger partial charge < -0.3 is 4.74 Å². The van der Waals surface area contributed by atoms with Gasteiger partial charge in [-0.1, -0.05) is 60.1 Å². The lowest BCUT2D eigenvalue weighted by Crippen LogP contribution is -2.61. The monoisotopic (exact) mass is 349 g/mol. The molecule has 0 N–H and O–H groups in total. The van der Waals surface area contributed by atoms with Crippen LogP contribution in [0, 0.1) is 0 Å². The van der Waals surface area contributed by atoms with E-state index >= 15 is 0 Å². The lowest BCUT2D eigenvalue weighted by atomic mass is 9.89. The van der Waals surface area contributed by atoms with E-state index in [0.29, 0.717) is 10.8 Å². The van der Waals surface area contributed by atoms with Crippen LogP contribution < -0.4 is 9.64 Å². The van der Waals surface area contributed by atoms with Crippen LogP contribution in [0.2, 0.25) is 5.02 Å². The summed E-state index contributed by atoms with van der Waals surface area (Å²) in [6.45, 7) is 0. The summed E-state index contributed by atoms with van der Waals surface area (Å²) in [6, 6.07) is 26.4. The number of halogens is 1. The van der Waals surface area contributed by atoms with Crippen molar-refractivity contribution in [3.05, 3.63) is 95.5 Å². The van der Waals surface area contributed by atoms with E-state index in [-0.39, 0.29) is 11.9 Å². The number of carbonyl (C=O) groups excluding carboxylic acids is 1. The number of amides is 1. The minimum Gasteiger partial charge on any atom is -0.478 e. The van der Waals surface area contributed by atoms with Crippen LogP contribution in [0.5, 0.6) is 5.75 Å². The van der Waals surface area contributed by atoms with E-state index in [9.17, 15) is 4.79 Å². The van der Waals surface area contributed by atoms with Crippen LogP contribution in [0.3, 0.4) is 0 Å². The topological polar surface area (TPSA) is 29.5 Å². The van der Waals surface area contributed by atoms with Gasteiger partial charge in [0.15, 0.2) is 0 Å². The predicted molar refractivity (Wildman–Crippen MR) is 99.0 cm³/mol. The molecule has 1 amide bonds. The van der Waals surface area contributed by atoms with Gasteiger partial charge in [-0.25, -0.2) is 0 Å². The van der Waals surface area contributed by atoms with Gasteiger partial charge >= 0.3 is 0 Å². The molecular formula is C21H16ClNO2. The van der Waals surface area contributed by atoms with Crippen molar-refractivity contribution in [1.29, 1.82) is 0 Å². The van der Waals surface area contributed by atoms with Gasteiger partial charge in [0.2, 0.25) is 6.10 Å². The molecule has 4 rings (SSSR count). The molecule has 0 aromatic heterocycles. The number of para-hydroxylation sites is 2. The Morgan fingerprint density at radius 2 is 1.40 bits per heavy atom. The third-order valence-corrected chi connectivity index (χ3v) is 4.55. The van der Waals surface area contributed by atoms with Crippen molar-refractivity contribution in [2.45, 2.75) is 12.1 Å². The Labute approximate surface area is 151 Å². The summed E-state index contributed by atoms with van der Waals surface area (Å²) in [5, 5.41) is 0.668. The molecule has 3 aromatic rings. The summed E-state index contributed by atoms with van der Waals surface area (Å²) >= 11 is 6.01. The highest BCUT2D eigenvalue weighted by Gasteiger charge is 2.50. The van der Waals surface area contributed by atoms with E-state index in [4.69, 9.17) is 16.3 Å². The fourth-order valence-corrected chi connectivity index (χ4v) is 3.21. The molecule has 0 spiro atoms. The first-order chi connectivity index (χ1) is 12.2. The molecule has 2 atom stereocenters. The van der Waals surface area contributed by atoms with Crippen LogP contribution in [0.15, 0.2) is 84.9 Å². The molecule has 0 radical (unpaired) electrons. The Balaban J connectivity index is 1.68. The summed E-state index contributed by atoms with van der Waals surface area (Å²) in [4.78, 5) is 14.6.